The average Bonchev–Trinajstić information content (AvgIpc) is 2.88. The second kappa shape index (κ2) is 11.2. The van der Waals surface area contributed by atoms with Crippen LogP contribution >= 0.6 is 0 Å². The van der Waals surface area contributed by atoms with Gasteiger partial charge in [-0.2, -0.15) is 5.10 Å². The molecule has 8 nitrogen and oxygen atoms in total. The number of hydrogen-bond donors (Lipinski definition) is 2. The van der Waals surface area contributed by atoms with E-state index in [-0.39, 0.29) is 23.5 Å². The van der Waals surface area contributed by atoms with E-state index in [1.165, 1.54) is 16.3 Å². The number of aromatic nitrogens is 3. The number of carbonyl (C=O) groups excluding carboxylic acids is 1. The molecule has 0 aliphatic rings. The number of nitrogens with one attached hydrogen (secondary N) is 2. The van der Waals surface area contributed by atoms with Crippen LogP contribution < -0.4 is 16.2 Å². The van der Waals surface area contributed by atoms with E-state index in [2.05, 4.69) is 32.8 Å². The second-order valence-electron chi connectivity index (χ2n) is 7.72. The first-order chi connectivity index (χ1) is 16.7. The zero-order valence-electron chi connectivity index (χ0n) is 19.0. The number of anilines is 2. The summed E-state index contributed by atoms with van der Waals surface area (Å²) in [5.74, 6) is -0.578. The zero-order valence-corrected chi connectivity index (χ0v) is 19.0. The summed E-state index contributed by atoms with van der Waals surface area (Å²) in [4.78, 5) is 29.7. The molecule has 0 aliphatic heterocycles. The number of ether oxygens (including phenoxy) is 1. The van der Waals surface area contributed by atoms with Gasteiger partial charge in [-0.05, 0) is 25.5 Å². The number of pyridine rings is 1. The standard InChI is InChI=1S/C26H27N5O3/c1-2-31-25(32)22(29-24-18-28-17-20-10-6-7-11-21(20)24)16-23(30-31)26(33)34-15-14-27-13-12-19-8-4-3-5-9-19/h3-11,16-18,27,29H,2,12-15H2,1H3. The Balaban J connectivity index is 1.40. The lowest BCUT2D eigenvalue weighted by atomic mass is 10.1. The van der Waals surface area contributed by atoms with Gasteiger partial charge in [0.15, 0.2) is 5.69 Å². The van der Waals surface area contributed by atoms with Crippen molar-refractivity contribution in [1.82, 2.24) is 20.1 Å². The maximum absolute atomic E-state index is 12.8. The van der Waals surface area contributed by atoms with E-state index in [4.69, 9.17) is 4.74 Å². The third kappa shape index (κ3) is 5.65. The Labute approximate surface area is 197 Å². The van der Waals surface area contributed by atoms with Crippen LogP contribution in [-0.4, -0.2) is 40.4 Å². The minimum Gasteiger partial charge on any atom is -0.460 e. The van der Waals surface area contributed by atoms with Gasteiger partial charge in [-0.15, -0.1) is 0 Å². The summed E-state index contributed by atoms with van der Waals surface area (Å²) in [6.07, 6.45) is 4.31. The van der Waals surface area contributed by atoms with Crippen molar-refractivity contribution in [2.45, 2.75) is 19.9 Å². The molecule has 0 radical (unpaired) electrons. The van der Waals surface area contributed by atoms with Gasteiger partial charge in [0.2, 0.25) is 0 Å². The molecule has 2 aromatic carbocycles. The SMILES string of the molecule is CCn1nc(C(=O)OCCNCCc2ccccc2)cc(Nc2cncc3ccccc23)c1=O. The number of rotatable bonds is 10. The van der Waals surface area contributed by atoms with Crippen LogP contribution in [0, 0.1) is 0 Å². The molecule has 0 saturated heterocycles. The Hall–Kier alpha value is -4.04. The molecule has 0 fully saturated rings. The summed E-state index contributed by atoms with van der Waals surface area (Å²) in [6, 6.07) is 19.3. The van der Waals surface area contributed by atoms with Crippen LogP contribution in [0.3, 0.4) is 0 Å². The van der Waals surface area contributed by atoms with Crippen LogP contribution in [0.5, 0.6) is 0 Å². The Kier molecular flexibility index (Phi) is 7.62. The lowest BCUT2D eigenvalue weighted by Crippen LogP contribution is -2.28. The molecule has 4 rings (SSSR count). The molecule has 2 aromatic heterocycles. The molecule has 0 aliphatic carbocycles. The van der Waals surface area contributed by atoms with Crippen molar-refractivity contribution in [3.05, 3.63) is 94.7 Å². The van der Waals surface area contributed by atoms with Gasteiger partial charge >= 0.3 is 5.97 Å². The Bertz CT molecular complexity index is 1320. The van der Waals surface area contributed by atoms with Crippen molar-refractivity contribution < 1.29 is 9.53 Å². The summed E-state index contributed by atoms with van der Waals surface area (Å²) in [5.41, 5.74) is 1.91. The summed E-state index contributed by atoms with van der Waals surface area (Å²) < 4.78 is 6.62. The van der Waals surface area contributed by atoms with Gasteiger partial charge in [0.25, 0.3) is 5.56 Å². The molecule has 2 heterocycles. The molecule has 8 heteroatoms. The molecule has 34 heavy (non-hydrogen) atoms. The minimum atomic E-state index is -0.578. The largest absolute Gasteiger partial charge is 0.460 e. The topological polar surface area (TPSA) is 98.1 Å². The number of nitrogens with zero attached hydrogens (tertiary/aromatic N) is 3. The predicted molar refractivity (Wildman–Crippen MR) is 132 cm³/mol. The highest BCUT2D eigenvalue weighted by Gasteiger charge is 2.16. The monoisotopic (exact) mass is 457 g/mol. The van der Waals surface area contributed by atoms with Gasteiger partial charge in [0, 0.05) is 36.1 Å². The summed E-state index contributed by atoms with van der Waals surface area (Å²) in [5, 5.41) is 12.4. The van der Waals surface area contributed by atoms with Crippen LogP contribution in [0.1, 0.15) is 23.0 Å². The van der Waals surface area contributed by atoms with Crippen molar-refractivity contribution in [3.63, 3.8) is 0 Å². The Morgan fingerprint density at radius 2 is 1.79 bits per heavy atom. The first kappa shape index (κ1) is 23.1. The molecule has 0 atom stereocenters. The third-order valence-corrected chi connectivity index (χ3v) is 5.37. The number of hydrogen-bond acceptors (Lipinski definition) is 7. The normalized spacial score (nSPS) is 10.9. The van der Waals surface area contributed by atoms with Crippen LogP contribution in [0.25, 0.3) is 10.8 Å². The first-order valence-corrected chi connectivity index (χ1v) is 11.3. The van der Waals surface area contributed by atoms with E-state index in [9.17, 15) is 9.59 Å². The van der Waals surface area contributed by atoms with Gasteiger partial charge < -0.3 is 15.4 Å². The highest BCUT2D eigenvalue weighted by atomic mass is 16.5. The van der Waals surface area contributed by atoms with Gasteiger partial charge in [-0.1, -0.05) is 54.6 Å². The van der Waals surface area contributed by atoms with Gasteiger partial charge in [0.1, 0.15) is 12.3 Å². The van der Waals surface area contributed by atoms with Gasteiger partial charge in [-0.25, -0.2) is 9.48 Å². The quantitative estimate of drug-likeness (QED) is 0.278. The lowest BCUT2D eigenvalue weighted by Gasteiger charge is -2.12. The fourth-order valence-corrected chi connectivity index (χ4v) is 3.60. The van der Waals surface area contributed by atoms with E-state index in [1.54, 1.807) is 19.3 Å². The first-order valence-electron chi connectivity index (χ1n) is 11.3. The Morgan fingerprint density at radius 3 is 2.62 bits per heavy atom. The van der Waals surface area contributed by atoms with Crippen molar-refractivity contribution >= 4 is 28.1 Å². The highest BCUT2D eigenvalue weighted by molar-refractivity contribution is 5.95. The molecule has 174 valence electrons. The molecular weight excluding hydrogens is 430 g/mol. The smallest absolute Gasteiger partial charge is 0.358 e. The number of carbonyl (C=O) groups is 1. The maximum atomic E-state index is 12.8. The fourth-order valence-electron chi connectivity index (χ4n) is 3.60. The lowest BCUT2D eigenvalue weighted by molar-refractivity contribution is 0.0499. The van der Waals surface area contributed by atoms with Crippen molar-refractivity contribution in [2.24, 2.45) is 0 Å². The van der Waals surface area contributed by atoms with Crippen molar-refractivity contribution in [1.29, 1.82) is 0 Å². The fraction of sp³-hybridized carbons (Fsp3) is 0.231. The van der Waals surface area contributed by atoms with E-state index in [0.717, 1.165) is 23.7 Å². The van der Waals surface area contributed by atoms with Crippen LogP contribution in [0.4, 0.5) is 11.4 Å². The molecular formula is C26H27N5O3. The molecule has 0 unspecified atom stereocenters. The van der Waals surface area contributed by atoms with E-state index in [0.29, 0.717) is 18.8 Å². The van der Waals surface area contributed by atoms with E-state index in [1.807, 2.05) is 42.5 Å². The number of fused-ring (bicyclic) bond motifs is 1. The molecule has 4 aromatic rings. The predicted octanol–water partition coefficient (Wildman–Crippen LogP) is 3.54. The molecule has 0 saturated carbocycles. The Morgan fingerprint density at radius 1 is 1.00 bits per heavy atom. The average molecular weight is 458 g/mol. The number of benzene rings is 2. The molecule has 0 bridgehead atoms. The van der Waals surface area contributed by atoms with E-state index >= 15 is 0 Å². The molecule has 0 amide bonds. The zero-order chi connectivity index (χ0) is 23.8. The van der Waals surface area contributed by atoms with Gasteiger partial charge in [-0.3, -0.25) is 9.78 Å². The van der Waals surface area contributed by atoms with Crippen LogP contribution in [0.15, 0.2) is 77.9 Å². The number of aryl methyl sites for hydroxylation is 1. The van der Waals surface area contributed by atoms with Crippen molar-refractivity contribution in [2.75, 3.05) is 25.0 Å². The molecule has 0 spiro atoms. The van der Waals surface area contributed by atoms with Gasteiger partial charge in [0.05, 0.1) is 11.9 Å². The van der Waals surface area contributed by atoms with Crippen LogP contribution in [-0.2, 0) is 17.7 Å². The summed E-state index contributed by atoms with van der Waals surface area (Å²) in [7, 11) is 0. The minimum absolute atomic E-state index is 0.0708. The van der Waals surface area contributed by atoms with E-state index < -0.39 is 5.97 Å². The highest BCUT2D eigenvalue weighted by Crippen LogP contribution is 2.24. The van der Waals surface area contributed by atoms with Crippen molar-refractivity contribution in [3.8, 4) is 0 Å². The summed E-state index contributed by atoms with van der Waals surface area (Å²) >= 11 is 0. The third-order valence-electron chi connectivity index (χ3n) is 5.37. The summed E-state index contributed by atoms with van der Waals surface area (Å²) in [6.45, 7) is 3.63. The maximum Gasteiger partial charge on any atom is 0.358 e. The van der Waals surface area contributed by atoms with Crippen LogP contribution in [0.2, 0.25) is 0 Å². The number of esters is 1. The second-order valence-corrected chi connectivity index (χ2v) is 7.72. The molecule has 2 N–H and O–H groups in total.